The highest BCUT2D eigenvalue weighted by molar-refractivity contribution is 5.90. The van der Waals surface area contributed by atoms with Crippen molar-refractivity contribution in [2.75, 3.05) is 32.8 Å². The van der Waals surface area contributed by atoms with Crippen molar-refractivity contribution in [1.82, 2.24) is 4.90 Å². The molecule has 7 heteroatoms. The lowest BCUT2D eigenvalue weighted by Crippen LogP contribution is -2.27. The molecule has 7 nitrogen and oxygen atoms in total. The summed E-state index contributed by atoms with van der Waals surface area (Å²) in [5, 5.41) is 11.1. The number of carbonyl (C=O) groups excluding carboxylic acids is 1. The van der Waals surface area contributed by atoms with Crippen LogP contribution in [0.5, 0.6) is 5.75 Å². The smallest absolute Gasteiger partial charge is 0.338 e. The molecular formula is C16H24N2O5. The fraction of sp³-hybridized carbons (Fsp3) is 0.562. The van der Waals surface area contributed by atoms with E-state index in [0.717, 1.165) is 19.5 Å². The maximum absolute atomic E-state index is 12.0. The summed E-state index contributed by atoms with van der Waals surface area (Å²) >= 11 is 0. The molecule has 0 aliphatic carbocycles. The zero-order valence-electron chi connectivity index (χ0n) is 13.9. The zero-order valence-corrected chi connectivity index (χ0v) is 13.9. The average Bonchev–Trinajstić information content (AvgIpc) is 2.56. The van der Waals surface area contributed by atoms with Gasteiger partial charge in [0.15, 0.2) is 5.75 Å². The monoisotopic (exact) mass is 324 g/mol. The molecule has 0 aliphatic rings. The van der Waals surface area contributed by atoms with Gasteiger partial charge in [0.25, 0.3) is 0 Å². The SMILES string of the molecule is CCCOc1ccc(C(=O)OCCN(CC)CC)cc1[N+](=O)[O-]. The van der Waals surface area contributed by atoms with E-state index in [2.05, 4.69) is 4.90 Å². The number of esters is 1. The average molecular weight is 324 g/mol. The molecule has 0 unspecified atom stereocenters. The van der Waals surface area contributed by atoms with Gasteiger partial charge in [-0.2, -0.15) is 0 Å². The summed E-state index contributed by atoms with van der Waals surface area (Å²) in [4.78, 5) is 24.7. The topological polar surface area (TPSA) is 81.9 Å². The van der Waals surface area contributed by atoms with Gasteiger partial charge in [-0.15, -0.1) is 0 Å². The summed E-state index contributed by atoms with van der Waals surface area (Å²) in [6, 6.07) is 4.12. The van der Waals surface area contributed by atoms with Crippen molar-refractivity contribution in [2.24, 2.45) is 0 Å². The largest absolute Gasteiger partial charge is 0.487 e. The number of likely N-dealkylation sites (N-methyl/N-ethyl adjacent to an activating group) is 1. The van der Waals surface area contributed by atoms with E-state index >= 15 is 0 Å². The number of hydrogen-bond donors (Lipinski definition) is 0. The summed E-state index contributed by atoms with van der Waals surface area (Å²) in [6.45, 7) is 9.00. The molecule has 23 heavy (non-hydrogen) atoms. The van der Waals surface area contributed by atoms with E-state index in [1.807, 2.05) is 20.8 Å². The van der Waals surface area contributed by atoms with Crippen LogP contribution in [0.2, 0.25) is 0 Å². The summed E-state index contributed by atoms with van der Waals surface area (Å²) in [5.74, 6) is -0.404. The number of benzene rings is 1. The third-order valence-corrected chi connectivity index (χ3v) is 3.39. The van der Waals surface area contributed by atoms with Crippen LogP contribution in [0.3, 0.4) is 0 Å². The molecule has 0 saturated heterocycles. The molecule has 0 bridgehead atoms. The van der Waals surface area contributed by atoms with Gasteiger partial charge in [-0.3, -0.25) is 10.1 Å². The van der Waals surface area contributed by atoms with E-state index in [0.29, 0.717) is 13.2 Å². The predicted octanol–water partition coefficient (Wildman–Crippen LogP) is 2.88. The number of carbonyl (C=O) groups is 1. The maximum atomic E-state index is 12.0. The zero-order chi connectivity index (χ0) is 17.2. The van der Waals surface area contributed by atoms with Gasteiger partial charge in [0.05, 0.1) is 17.1 Å². The van der Waals surface area contributed by atoms with Crippen LogP contribution in [-0.2, 0) is 4.74 Å². The third-order valence-electron chi connectivity index (χ3n) is 3.39. The van der Waals surface area contributed by atoms with Gasteiger partial charge in [0, 0.05) is 12.6 Å². The number of nitro benzene ring substituents is 1. The van der Waals surface area contributed by atoms with Crippen molar-refractivity contribution in [3.05, 3.63) is 33.9 Å². The molecule has 0 spiro atoms. The first kappa shape index (κ1) is 18.9. The molecule has 1 aromatic rings. The molecule has 0 aliphatic heterocycles. The van der Waals surface area contributed by atoms with Crippen LogP contribution in [0.15, 0.2) is 18.2 Å². The molecule has 0 saturated carbocycles. The van der Waals surface area contributed by atoms with Gasteiger partial charge in [0.2, 0.25) is 0 Å². The maximum Gasteiger partial charge on any atom is 0.338 e. The van der Waals surface area contributed by atoms with Gasteiger partial charge < -0.3 is 14.4 Å². The van der Waals surface area contributed by atoms with Crippen LogP contribution in [0.4, 0.5) is 5.69 Å². The second-order valence-corrected chi connectivity index (χ2v) is 4.95. The minimum absolute atomic E-state index is 0.153. The lowest BCUT2D eigenvalue weighted by Gasteiger charge is -2.17. The third kappa shape index (κ3) is 5.86. The highest BCUT2D eigenvalue weighted by atomic mass is 16.6. The molecule has 0 atom stereocenters. The van der Waals surface area contributed by atoms with Crippen molar-refractivity contribution in [1.29, 1.82) is 0 Å². The standard InChI is InChI=1S/C16H24N2O5/c1-4-10-22-15-8-7-13(12-14(15)18(20)21)16(19)23-11-9-17(5-2)6-3/h7-8,12H,4-6,9-11H2,1-3H3. The van der Waals surface area contributed by atoms with Crippen LogP contribution in [0.1, 0.15) is 37.6 Å². The van der Waals surface area contributed by atoms with Crippen LogP contribution >= 0.6 is 0 Å². The number of rotatable bonds is 10. The second kappa shape index (κ2) is 9.78. The second-order valence-electron chi connectivity index (χ2n) is 4.95. The molecule has 1 rings (SSSR count). The fourth-order valence-corrected chi connectivity index (χ4v) is 2.01. The van der Waals surface area contributed by atoms with Crippen LogP contribution < -0.4 is 4.74 Å². The van der Waals surface area contributed by atoms with Crippen LogP contribution in [0.25, 0.3) is 0 Å². The molecule has 1 aromatic carbocycles. The van der Waals surface area contributed by atoms with E-state index in [4.69, 9.17) is 9.47 Å². The summed E-state index contributed by atoms with van der Waals surface area (Å²) in [7, 11) is 0. The minimum atomic E-state index is -0.567. The van der Waals surface area contributed by atoms with Crippen molar-refractivity contribution in [3.63, 3.8) is 0 Å². The molecule has 0 radical (unpaired) electrons. The summed E-state index contributed by atoms with van der Waals surface area (Å²) < 4.78 is 10.5. The van der Waals surface area contributed by atoms with Gasteiger partial charge in [-0.05, 0) is 31.6 Å². The number of nitrogens with zero attached hydrogens (tertiary/aromatic N) is 2. The molecule has 0 fully saturated rings. The first-order valence-corrected chi connectivity index (χ1v) is 7.84. The van der Waals surface area contributed by atoms with Crippen molar-refractivity contribution >= 4 is 11.7 Å². The first-order valence-electron chi connectivity index (χ1n) is 7.84. The normalized spacial score (nSPS) is 10.6. The quantitative estimate of drug-likeness (QED) is 0.374. The predicted molar refractivity (Wildman–Crippen MR) is 87.0 cm³/mol. The Morgan fingerprint density at radius 1 is 1.22 bits per heavy atom. The Bertz CT molecular complexity index is 529. The number of nitro groups is 1. The van der Waals surface area contributed by atoms with Gasteiger partial charge >= 0.3 is 11.7 Å². The Morgan fingerprint density at radius 3 is 2.48 bits per heavy atom. The van der Waals surface area contributed by atoms with E-state index in [-0.39, 0.29) is 23.6 Å². The van der Waals surface area contributed by atoms with Gasteiger partial charge in [-0.1, -0.05) is 20.8 Å². The number of hydrogen-bond acceptors (Lipinski definition) is 6. The highest BCUT2D eigenvalue weighted by Gasteiger charge is 2.19. The van der Waals surface area contributed by atoms with Gasteiger partial charge in [-0.25, -0.2) is 4.79 Å². The highest BCUT2D eigenvalue weighted by Crippen LogP contribution is 2.28. The Labute approximate surface area is 136 Å². The van der Waals surface area contributed by atoms with Crippen LogP contribution in [-0.4, -0.2) is 48.6 Å². The van der Waals surface area contributed by atoms with Crippen LogP contribution in [0, 0.1) is 10.1 Å². The molecule has 0 heterocycles. The first-order chi connectivity index (χ1) is 11.0. The Kier molecular flexibility index (Phi) is 8.04. The molecular weight excluding hydrogens is 300 g/mol. The van der Waals surface area contributed by atoms with Gasteiger partial charge in [0.1, 0.15) is 6.61 Å². The molecule has 0 amide bonds. The van der Waals surface area contributed by atoms with E-state index < -0.39 is 10.9 Å². The van der Waals surface area contributed by atoms with E-state index in [1.165, 1.54) is 18.2 Å². The van der Waals surface area contributed by atoms with Crippen molar-refractivity contribution in [2.45, 2.75) is 27.2 Å². The Morgan fingerprint density at radius 2 is 1.91 bits per heavy atom. The fourth-order valence-electron chi connectivity index (χ4n) is 2.01. The Balaban J connectivity index is 2.73. The Hall–Kier alpha value is -2.15. The molecule has 0 N–H and O–H groups in total. The summed E-state index contributed by atoms with van der Waals surface area (Å²) in [6.07, 6.45) is 0.742. The lowest BCUT2D eigenvalue weighted by molar-refractivity contribution is -0.385. The number of ether oxygens (including phenoxy) is 2. The van der Waals surface area contributed by atoms with E-state index in [1.54, 1.807) is 0 Å². The van der Waals surface area contributed by atoms with E-state index in [9.17, 15) is 14.9 Å². The molecule has 128 valence electrons. The molecule has 0 aromatic heterocycles. The minimum Gasteiger partial charge on any atom is -0.487 e. The summed E-state index contributed by atoms with van der Waals surface area (Å²) in [5.41, 5.74) is -0.0725. The van der Waals surface area contributed by atoms with Crippen molar-refractivity contribution in [3.8, 4) is 5.75 Å². The lowest BCUT2D eigenvalue weighted by atomic mass is 10.2. The van der Waals surface area contributed by atoms with Crippen molar-refractivity contribution < 1.29 is 19.2 Å².